The third kappa shape index (κ3) is 6.68. The summed E-state index contributed by atoms with van der Waals surface area (Å²) >= 11 is 1.54. The standard InChI is InChI=1S/C24H29N3O2S/c1-3-29-22-13-8-7-12-21(22)24-26-20(18-30-24)16-23(28)25-14-9-15-27(2)17-19-10-5-4-6-11-19/h4-8,10-13,18H,3,9,14-17H2,1-2H3,(H,25,28). The number of amides is 1. The monoisotopic (exact) mass is 423 g/mol. The molecule has 0 saturated carbocycles. The minimum Gasteiger partial charge on any atom is -0.493 e. The molecule has 6 heteroatoms. The van der Waals surface area contributed by atoms with Crippen LogP contribution in [0.5, 0.6) is 5.75 Å². The van der Waals surface area contributed by atoms with Crippen molar-refractivity contribution in [1.82, 2.24) is 15.2 Å². The molecule has 3 aromatic rings. The van der Waals surface area contributed by atoms with Crippen LogP contribution >= 0.6 is 11.3 Å². The number of aromatic nitrogens is 1. The number of rotatable bonds is 11. The average Bonchev–Trinajstić information content (AvgIpc) is 3.21. The summed E-state index contributed by atoms with van der Waals surface area (Å²) < 4.78 is 5.69. The molecule has 5 nitrogen and oxygen atoms in total. The first-order chi connectivity index (χ1) is 14.7. The van der Waals surface area contributed by atoms with Gasteiger partial charge in [0.05, 0.1) is 24.3 Å². The Bertz CT molecular complexity index is 927. The maximum absolute atomic E-state index is 12.3. The second kappa shape index (κ2) is 11.5. The van der Waals surface area contributed by atoms with E-state index in [1.807, 2.05) is 42.6 Å². The number of nitrogens with zero attached hydrogens (tertiary/aromatic N) is 2. The number of hydrogen-bond donors (Lipinski definition) is 1. The van der Waals surface area contributed by atoms with Crippen LogP contribution in [0.3, 0.4) is 0 Å². The van der Waals surface area contributed by atoms with Gasteiger partial charge in [0.25, 0.3) is 0 Å². The van der Waals surface area contributed by atoms with Crippen molar-refractivity contribution < 1.29 is 9.53 Å². The van der Waals surface area contributed by atoms with E-state index in [1.165, 1.54) is 5.56 Å². The second-order valence-corrected chi connectivity index (χ2v) is 8.03. The fraction of sp³-hybridized carbons (Fsp3) is 0.333. The molecule has 0 fully saturated rings. The molecule has 0 spiro atoms. The van der Waals surface area contributed by atoms with Gasteiger partial charge in [-0.2, -0.15) is 0 Å². The molecule has 0 saturated heterocycles. The van der Waals surface area contributed by atoms with Crippen LogP contribution in [0.25, 0.3) is 10.6 Å². The van der Waals surface area contributed by atoms with Crippen LogP contribution in [0.4, 0.5) is 0 Å². The van der Waals surface area contributed by atoms with E-state index in [0.717, 1.165) is 41.5 Å². The fourth-order valence-electron chi connectivity index (χ4n) is 3.21. The number of benzene rings is 2. The third-order valence-corrected chi connectivity index (χ3v) is 5.57. The lowest BCUT2D eigenvalue weighted by Gasteiger charge is -2.16. The molecular formula is C24H29N3O2S. The van der Waals surface area contributed by atoms with Crippen molar-refractivity contribution in [3.05, 3.63) is 71.2 Å². The zero-order valence-electron chi connectivity index (χ0n) is 17.6. The lowest BCUT2D eigenvalue weighted by atomic mass is 10.2. The van der Waals surface area contributed by atoms with Gasteiger partial charge in [0, 0.05) is 18.5 Å². The predicted octanol–water partition coefficient (Wildman–Crippen LogP) is 4.39. The van der Waals surface area contributed by atoms with Crippen LogP contribution in [0.2, 0.25) is 0 Å². The van der Waals surface area contributed by atoms with E-state index in [1.54, 1.807) is 11.3 Å². The summed E-state index contributed by atoms with van der Waals surface area (Å²) in [6, 6.07) is 18.3. The number of ether oxygens (including phenoxy) is 1. The van der Waals surface area contributed by atoms with E-state index in [2.05, 4.69) is 46.5 Å². The lowest BCUT2D eigenvalue weighted by Crippen LogP contribution is -2.29. The van der Waals surface area contributed by atoms with Gasteiger partial charge >= 0.3 is 0 Å². The number of para-hydroxylation sites is 1. The van der Waals surface area contributed by atoms with Crippen LogP contribution < -0.4 is 10.1 Å². The third-order valence-electron chi connectivity index (χ3n) is 4.64. The summed E-state index contributed by atoms with van der Waals surface area (Å²) in [5.74, 6) is 0.834. The number of thiazole rings is 1. The molecule has 1 amide bonds. The highest BCUT2D eigenvalue weighted by molar-refractivity contribution is 7.13. The van der Waals surface area contributed by atoms with E-state index in [4.69, 9.17) is 4.74 Å². The first-order valence-corrected chi connectivity index (χ1v) is 11.2. The smallest absolute Gasteiger partial charge is 0.226 e. The van der Waals surface area contributed by atoms with Crippen molar-refractivity contribution in [2.45, 2.75) is 26.3 Å². The molecule has 158 valence electrons. The first kappa shape index (κ1) is 22.0. The van der Waals surface area contributed by atoms with Crippen molar-refractivity contribution in [1.29, 1.82) is 0 Å². The van der Waals surface area contributed by atoms with Gasteiger partial charge < -0.3 is 15.0 Å². The molecule has 2 aromatic carbocycles. The van der Waals surface area contributed by atoms with Crippen molar-refractivity contribution in [2.24, 2.45) is 0 Å². The number of carbonyl (C=O) groups is 1. The van der Waals surface area contributed by atoms with E-state index in [0.29, 0.717) is 19.6 Å². The molecule has 1 N–H and O–H groups in total. The Hall–Kier alpha value is -2.70. The van der Waals surface area contributed by atoms with Crippen LogP contribution in [0.1, 0.15) is 24.6 Å². The van der Waals surface area contributed by atoms with E-state index in [-0.39, 0.29) is 5.91 Å². The van der Waals surface area contributed by atoms with Gasteiger partial charge in [-0.25, -0.2) is 4.98 Å². The van der Waals surface area contributed by atoms with Gasteiger partial charge in [0.15, 0.2) is 0 Å². The zero-order chi connectivity index (χ0) is 21.2. The highest BCUT2D eigenvalue weighted by atomic mass is 32.1. The molecular weight excluding hydrogens is 394 g/mol. The Kier molecular flexibility index (Phi) is 8.41. The van der Waals surface area contributed by atoms with Gasteiger partial charge in [-0.3, -0.25) is 4.79 Å². The molecule has 0 aliphatic heterocycles. The van der Waals surface area contributed by atoms with Crippen molar-refractivity contribution in [3.63, 3.8) is 0 Å². The van der Waals surface area contributed by atoms with E-state index < -0.39 is 0 Å². The molecule has 1 heterocycles. The Balaban J connectivity index is 1.41. The van der Waals surface area contributed by atoms with E-state index in [9.17, 15) is 4.79 Å². The summed E-state index contributed by atoms with van der Waals surface area (Å²) in [5.41, 5.74) is 3.06. The van der Waals surface area contributed by atoms with Gasteiger partial charge in [-0.1, -0.05) is 42.5 Å². The summed E-state index contributed by atoms with van der Waals surface area (Å²) in [4.78, 5) is 19.2. The van der Waals surface area contributed by atoms with Crippen molar-refractivity contribution in [3.8, 4) is 16.3 Å². The first-order valence-electron chi connectivity index (χ1n) is 10.3. The summed E-state index contributed by atoms with van der Waals surface area (Å²) in [6.45, 7) is 5.10. The lowest BCUT2D eigenvalue weighted by molar-refractivity contribution is -0.120. The summed E-state index contributed by atoms with van der Waals surface area (Å²) in [5, 5.41) is 5.83. The maximum atomic E-state index is 12.3. The molecule has 30 heavy (non-hydrogen) atoms. The SMILES string of the molecule is CCOc1ccccc1-c1nc(CC(=O)NCCCN(C)Cc2ccccc2)cs1. The minimum atomic E-state index is 0.00987. The van der Waals surface area contributed by atoms with E-state index >= 15 is 0 Å². The molecule has 0 unspecified atom stereocenters. The Labute approximate surface area is 182 Å². The second-order valence-electron chi connectivity index (χ2n) is 7.18. The minimum absolute atomic E-state index is 0.00987. The highest BCUT2D eigenvalue weighted by Gasteiger charge is 2.12. The predicted molar refractivity (Wildman–Crippen MR) is 123 cm³/mol. The Morgan fingerprint density at radius 3 is 2.70 bits per heavy atom. The zero-order valence-corrected chi connectivity index (χ0v) is 18.5. The molecule has 0 aliphatic rings. The largest absolute Gasteiger partial charge is 0.493 e. The van der Waals surface area contributed by atoms with Crippen LogP contribution in [0.15, 0.2) is 60.0 Å². The quantitative estimate of drug-likeness (QED) is 0.465. The van der Waals surface area contributed by atoms with Crippen molar-refractivity contribution in [2.75, 3.05) is 26.7 Å². The topological polar surface area (TPSA) is 54.5 Å². The number of hydrogen-bond acceptors (Lipinski definition) is 5. The molecule has 0 bridgehead atoms. The molecule has 0 atom stereocenters. The maximum Gasteiger partial charge on any atom is 0.226 e. The Morgan fingerprint density at radius 2 is 1.90 bits per heavy atom. The Morgan fingerprint density at radius 1 is 1.13 bits per heavy atom. The summed E-state index contributed by atoms with van der Waals surface area (Å²) in [7, 11) is 2.10. The van der Waals surface area contributed by atoms with Crippen LogP contribution in [-0.4, -0.2) is 42.5 Å². The molecule has 0 aliphatic carbocycles. The van der Waals surface area contributed by atoms with Crippen LogP contribution in [0, 0.1) is 0 Å². The summed E-state index contributed by atoms with van der Waals surface area (Å²) in [6.07, 6.45) is 1.21. The normalized spacial score (nSPS) is 10.9. The van der Waals surface area contributed by atoms with Gasteiger partial charge in [-0.15, -0.1) is 11.3 Å². The molecule has 1 aromatic heterocycles. The number of nitrogens with one attached hydrogen (secondary N) is 1. The van der Waals surface area contributed by atoms with Crippen molar-refractivity contribution >= 4 is 17.2 Å². The average molecular weight is 424 g/mol. The highest BCUT2D eigenvalue weighted by Crippen LogP contribution is 2.32. The van der Waals surface area contributed by atoms with Gasteiger partial charge in [0.1, 0.15) is 10.8 Å². The number of carbonyl (C=O) groups excluding carboxylic acids is 1. The van der Waals surface area contributed by atoms with Crippen LogP contribution in [-0.2, 0) is 17.8 Å². The fourth-order valence-corrected chi connectivity index (χ4v) is 4.06. The van der Waals surface area contributed by atoms with Gasteiger partial charge in [-0.05, 0) is 44.6 Å². The molecule has 3 rings (SSSR count). The van der Waals surface area contributed by atoms with Gasteiger partial charge in [0.2, 0.25) is 5.91 Å². The molecule has 0 radical (unpaired) electrons.